The maximum absolute atomic E-state index is 6.15. The second-order valence-corrected chi connectivity index (χ2v) is 5.50. The van der Waals surface area contributed by atoms with Crippen LogP contribution in [0.1, 0.15) is 11.1 Å². The molecule has 0 heterocycles. The molecule has 0 aliphatic rings. The van der Waals surface area contributed by atoms with E-state index in [0.29, 0.717) is 10.7 Å². The molecule has 0 radical (unpaired) electrons. The van der Waals surface area contributed by atoms with E-state index in [1.54, 1.807) is 6.07 Å². The minimum Gasteiger partial charge on any atom is -0.399 e. The van der Waals surface area contributed by atoms with Crippen molar-refractivity contribution in [2.24, 2.45) is 0 Å². The van der Waals surface area contributed by atoms with Gasteiger partial charge in [-0.05, 0) is 42.4 Å². The van der Waals surface area contributed by atoms with Gasteiger partial charge < -0.3 is 5.73 Å². The van der Waals surface area contributed by atoms with Crippen LogP contribution in [0, 0.1) is 0 Å². The minimum absolute atomic E-state index is 0.668. The highest BCUT2D eigenvalue weighted by Gasteiger charge is 2.06. The average Bonchev–Trinajstić information content (AvgIpc) is 2.30. The van der Waals surface area contributed by atoms with Crippen molar-refractivity contribution in [3.05, 3.63) is 63.6 Å². The molecular formula is C15H16Cl2N2. The molecule has 0 unspecified atom stereocenters. The Kier molecular flexibility index (Phi) is 4.70. The first kappa shape index (κ1) is 14.2. The van der Waals surface area contributed by atoms with Crippen LogP contribution in [-0.2, 0) is 13.1 Å². The van der Waals surface area contributed by atoms with Crippen molar-refractivity contribution in [3.8, 4) is 0 Å². The number of rotatable bonds is 4. The van der Waals surface area contributed by atoms with E-state index in [4.69, 9.17) is 28.9 Å². The van der Waals surface area contributed by atoms with Crippen molar-refractivity contribution in [1.29, 1.82) is 0 Å². The van der Waals surface area contributed by atoms with Gasteiger partial charge in [0.1, 0.15) is 0 Å². The standard InChI is InChI=1S/C15H16Cl2N2/c1-19(10-12-4-2-3-5-15(12)17)9-11-6-13(16)8-14(18)7-11/h2-8H,9-10,18H2,1H3. The van der Waals surface area contributed by atoms with E-state index in [1.165, 1.54) is 0 Å². The van der Waals surface area contributed by atoms with E-state index < -0.39 is 0 Å². The number of hydrogen-bond donors (Lipinski definition) is 1. The Morgan fingerprint density at radius 3 is 2.47 bits per heavy atom. The summed E-state index contributed by atoms with van der Waals surface area (Å²) in [6.07, 6.45) is 0. The molecule has 0 saturated heterocycles. The van der Waals surface area contributed by atoms with Crippen LogP contribution in [0.4, 0.5) is 5.69 Å². The van der Waals surface area contributed by atoms with Gasteiger partial charge in [0.2, 0.25) is 0 Å². The Hall–Kier alpha value is -1.22. The van der Waals surface area contributed by atoms with Crippen molar-refractivity contribution in [1.82, 2.24) is 4.90 Å². The van der Waals surface area contributed by atoms with Gasteiger partial charge in [-0.3, -0.25) is 4.90 Å². The Morgan fingerprint density at radius 2 is 1.79 bits per heavy atom. The van der Waals surface area contributed by atoms with E-state index in [9.17, 15) is 0 Å². The van der Waals surface area contributed by atoms with E-state index in [0.717, 1.165) is 29.2 Å². The summed E-state index contributed by atoms with van der Waals surface area (Å²) in [5.41, 5.74) is 8.69. The van der Waals surface area contributed by atoms with Gasteiger partial charge in [-0.15, -0.1) is 0 Å². The quantitative estimate of drug-likeness (QED) is 0.856. The highest BCUT2D eigenvalue weighted by Crippen LogP contribution is 2.20. The normalized spacial score (nSPS) is 10.9. The first-order valence-electron chi connectivity index (χ1n) is 6.01. The number of nitrogen functional groups attached to an aromatic ring is 1. The topological polar surface area (TPSA) is 29.3 Å². The number of benzene rings is 2. The lowest BCUT2D eigenvalue weighted by molar-refractivity contribution is 0.319. The van der Waals surface area contributed by atoms with Crippen molar-refractivity contribution < 1.29 is 0 Å². The molecule has 19 heavy (non-hydrogen) atoms. The number of anilines is 1. The molecular weight excluding hydrogens is 279 g/mol. The summed E-state index contributed by atoms with van der Waals surface area (Å²) < 4.78 is 0. The number of halogens is 2. The maximum Gasteiger partial charge on any atom is 0.0451 e. The van der Waals surface area contributed by atoms with Crippen LogP contribution in [0.5, 0.6) is 0 Å². The third-order valence-electron chi connectivity index (χ3n) is 2.83. The van der Waals surface area contributed by atoms with E-state index >= 15 is 0 Å². The second kappa shape index (κ2) is 6.29. The molecule has 2 aromatic rings. The molecule has 2 aromatic carbocycles. The molecule has 0 aliphatic heterocycles. The minimum atomic E-state index is 0.668. The molecule has 2 N–H and O–H groups in total. The van der Waals surface area contributed by atoms with Crippen LogP contribution in [-0.4, -0.2) is 11.9 Å². The summed E-state index contributed by atoms with van der Waals surface area (Å²) in [5, 5.41) is 1.46. The van der Waals surface area contributed by atoms with Crippen molar-refractivity contribution in [3.63, 3.8) is 0 Å². The van der Waals surface area contributed by atoms with Crippen LogP contribution in [0.2, 0.25) is 10.0 Å². The summed E-state index contributed by atoms with van der Waals surface area (Å²) in [6.45, 7) is 1.56. The van der Waals surface area contributed by atoms with Crippen molar-refractivity contribution >= 4 is 28.9 Å². The zero-order valence-corrected chi connectivity index (χ0v) is 12.2. The van der Waals surface area contributed by atoms with Gasteiger partial charge in [-0.25, -0.2) is 0 Å². The molecule has 0 spiro atoms. The molecule has 4 heteroatoms. The molecule has 0 aliphatic carbocycles. The lowest BCUT2D eigenvalue weighted by atomic mass is 10.1. The molecule has 0 atom stereocenters. The summed E-state index contributed by atoms with van der Waals surface area (Å²) >= 11 is 12.2. The molecule has 0 aromatic heterocycles. The Labute approximate surface area is 123 Å². The fraction of sp³-hybridized carbons (Fsp3) is 0.200. The third-order valence-corrected chi connectivity index (χ3v) is 3.42. The number of nitrogens with zero attached hydrogens (tertiary/aromatic N) is 1. The molecule has 2 nitrogen and oxygen atoms in total. The Bertz CT molecular complexity index is 550. The smallest absolute Gasteiger partial charge is 0.0451 e. The van der Waals surface area contributed by atoms with Gasteiger partial charge in [-0.1, -0.05) is 41.4 Å². The van der Waals surface area contributed by atoms with Gasteiger partial charge >= 0.3 is 0 Å². The Balaban J connectivity index is 2.05. The largest absolute Gasteiger partial charge is 0.399 e. The highest BCUT2D eigenvalue weighted by molar-refractivity contribution is 6.31. The summed E-state index contributed by atoms with van der Waals surface area (Å²) in [5.74, 6) is 0. The monoisotopic (exact) mass is 294 g/mol. The molecule has 0 fully saturated rings. The second-order valence-electron chi connectivity index (χ2n) is 4.66. The molecule has 2 rings (SSSR count). The van der Waals surface area contributed by atoms with Gasteiger partial charge in [0, 0.05) is 28.8 Å². The summed E-state index contributed by atoms with van der Waals surface area (Å²) in [4.78, 5) is 2.17. The zero-order chi connectivity index (χ0) is 13.8. The highest BCUT2D eigenvalue weighted by atomic mass is 35.5. The van der Waals surface area contributed by atoms with E-state index in [2.05, 4.69) is 4.90 Å². The fourth-order valence-corrected chi connectivity index (χ4v) is 2.51. The lowest BCUT2D eigenvalue weighted by Crippen LogP contribution is -2.17. The third kappa shape index (κ3) is 4.13. The van der Waals surface area contributed by atoms with Gasteiger partial charge in [0.05, 0.1) is 0 Å². The first-order chi connectivity index (χ1) is 9.04. The van der Waals surface area contributed by atoms with Crippen LogP contribution >= 0.6 is 23.2 Å². The van der Waals surface area contributed by atoms with Gasteiger partial charge in [0.25, 0.3) is 0 Å². The zero-order valence-electron chi connectivity index (χ0n) is 10.7. The first-order valence-corrected chi connectivity index (χ1v) is 6.77. The van der Waals surface area contributed by atoms with Gasteiger partial charge in [0.15, 0.2) is 0 Å². The predicted octanol–water partition coefficient (Wildman–Crippen LogP) is 4.21. The molecule has 0 bridgehead atoms. The fourth-order valence-electron chi connectivity index (χ4n) is 2.05. The van der Waals surface area contributed by atoms with Crippen LogP contribution in [0.15, 0.2) is 42.5 Å². The number of nitrogens with two attached hydrogens (primary N) is 1. The molecule has 0 saturated carbocycles. The Morgan fingerprint density at radius 1 is 1.05 bits per heavy atom. The lowest BCUT2D eigenvalue weighted by Gasteiger charge is -2.18. The molecule has 0 amide bonds. The van der Waals surface area contributed by atoms with Crippen LogP contribution < -0.4 is 5.73 Å². The van der Waals surface area contributed by atoms with E-state index in [1.807, 2.05) is 43.4 Å². The summed E-state index contributed by atoms with van der Waals surface area (Å²) in [6, 6.07) is 13.5. The SMILES string of the molecule is CN(Cc1cc(N)cc(Cl)c1)Cc1ccccc1Cl. The number of hydrogen-bond acceptors (Lipinski definition) is 2. The average molecular weight is 295 g/mol. The predicted molar refractivity (Wildman–Crippen MR) is 82.5 cm³/mol. The van der Waals surface area contributed by atoms with Gasteiger partial charge in [-0.2, -0.15) is 0 Å². The van der Waals surface area contributed by atoms with Crippen LogP contribution in [0.25, 0.3) is 0 Å². The van der Waals surface area contributed by atoms with Crippen molar-refractivity contribution in [2.45, 2.75) is 13.1 Å². The van der Waals surface area contributed by atoms with E-state index in [-0.39, 0.29) is 0 Å². The van der Waals surface area contributed by atoms with Crippen LogP contribution in [0.3, 0.4) is 0 Å². The maximum atomic E-state index is 6.15. The molecule has 100 valence electrons. The summed E-state index contributed by atoms with van der Waals surface area (Å²) in [7, 11) is 2.04. The van der Waals surface area contributed by atoms with Crippen molar-refractivity contribution in [2.75, 3.05) is 12.8 Å².